The van der Waals surface area contributed by atoms with Gasteiger partial charge in [-0.05, 0) is 61.6 Å². The predicted octanol–water partition coefficient (Wildman–Crippen LogP) is 3.83. The van der Waals surface area contributed by atoms with Crippen molar-refractivity contribution >= 4 is 5.78 Å². The fraction of sp³-hybridized carbons (Fsp3) is 0.294. The monoisotopic (exact) mass is 269 g/mol. The van der Waals surface area contributed by atoms with Crippen LogP contribution in [0.25, 0.3) is 0 Å². The molecule has 1 aliphatic carbocycles. The number of carbonyl (C=O) groups excluding carboxylic acids is 1. The molecular formula is C17H16FNO. The summed E-state index contributed by atoms with van der Waals surface area (Å²) in [4.78, 5) is 17.1. The number of nitrogens with zero attached hydrogens (tertiary/aromatic N) is 1. The molecular weight excluding hydrogens is 253 g/mol. The summed E-state index contributed by atoms with van der Waals surface area (Å²) in [5.41, 5.74) is 3.14. The second-order valence-electron chi connectivity index (χ2n) is 5.32. The molecule has 0 N–H and O–H groups in total. The molecule has 0 fully saturated rings. The Kier molecular flexibility index (Phi) is 3.35. The summed E-state index contributed by atoms with van der Waals surface area (Å²) >= 11 is 0. The summed E-state index contributed by atoms with van der Waals surface area (Å²) in [6, 6.07) is 8.52. The van der Waals surface area contributed by atoms with E-state index in [4.69, 9.17) is 0 Å². The minimum Gasteiger partial charge on any atom is -0.293 e. The Labute approximate surface area is 117 Å². The number of aromatic nitrogens is 1. The third-order valence-electron chi connectivity index (χ3n) is 3.95. The van der Waals surface area contributed by atoms with Crippen LogP contribution in [0.4, 0.5) is 4.39 Å². The van der Waals surface area contributed by atoms with Crippen molar-refractivity contribution in [2.45, 2.75) is 32.1 Å². The van der Waals surface area contributed by atoms with Crippen LogP contribution in [0.3, 0.4) is 0 Å². The van der Waals surface area contributed by atoms with Gasteiger partial charge in [0.15, 0.2) is 5.78 Å². The molecule has 102 valence electrons. The van der Waals surface area contributed by atoms with Crippen molar-refractivity contribution in [1.29, 1.82) is 0 Å². The van der Waals surface area contributed by atoms with Crippen LogP contribution in [0.2, 0.25) is 0 Å². The molecule has 0 spiro atoms. The van der Waals surface area contributed by atoms with E-state index in [1.165, 1.54) is 6.07 Å². The van der Waals surface area contributed by atoms with Gasteiger partial charge < -0.3 is 0 Å². The molecule has 0 saturated heterocycles. The Morgan fingerprint density at radius 3 is 3.00 bits per heavy atom. The zero-order chi connectivity index (χ0) is 14.1. The molecule has 20 heavy (non-hydrogen) atoms. The zero-order valence-corrected chi connectivity index (χ0v) is 11.4. The molecule has 2 aromatic rings. The maximum absolute atomic E-state index is 13.3. The van der Waals surface area contributed by atoms with E-state index < -0.39 is 0 Å². The average molecular weight is 269 g/mol. The molecule has 1 atom stereocenters. The summed E-state index contributed by atoms with van der Waals surface area (Å²) in [5, 5.41) is 0. The lowest BCUT2D eigenvalue weighted by molar-refractivity contribution is 0.0949. The third kappa shape index (κ3) is 2.24. The van der Waals surface area contributed by atoms with Gasteiger partial charge in [-0.3, -0.25) is 9.78 Å². The fourth-order valence-corrected chi connectivity index (χ4v) is 2.86. The first-order valence-corrected chi connectivity index (χ1v) is 6.91. The van der Waals surface area contributed by atoms with Crippen molar-refractivity contribution in [3.05, 3.63) is 64.7 Å². The Hall–Kier alpha value is -2.03. The maximum atomic E-state index is 13.3. The van der Waals surface area contributed by atoms with E-state index in [0.717, 1.165) is 30.5 Å². The highest BCUT2D eigenvalue weighted by Crippen LogP contribution is 2.32. The Morgan fingerprint density at radius 2 is 2.20 bits per heavy atom. The molecule has 1 unspecified atom stereocenters. The first kappa shape index (κ1) is 13.0. The number of rotatable bonds is 2. The molecule has 0 saturated carbocycles. The predicted molar refractivity (Wildman–Crippen MR) is 75.4 cm³/mol. The van der Waals surface area contributed by atoms with E-state index >= 15 is 0 Å². The van der Waals surface area contributed by atoms with Crippen molar-refractivity contribution in [1.82, 2.24) is 4.98 Å². The number of Topliss-reactive ketones (excluding diaryl/α,β-unsaturated/α-hetero) is 1. The fourth-order valence-electron chi connectivity index (χ4n) is 2.86. The van der Waals surface area contributed by atoms with Crippen LogP contribution in [0.5, 0.6) is 0 Å². The average Bonchev–Trinajstić information content (AvgIpc) is 2.49. The highest BCUT2D eigenvalue weighted by atomic mass is 19.1. The first-order chi connectivity index (χ1) is 9.66. The highest BCUT2D eigenvalue weighted by Gasteiger charge is 2.28. The number of aryl methyl sites for hydroxylation is 2. The number of pyridine rings is 1. The second-order valence-corrected chi connectivity index (χ2v) is 5.32. The molecule has 1 heterocycles. The SMILES string of the molecule is Cc1cc(C(=O)C2CCCc3cccnc32)ccc1F. The van der Waals surface area contributed by atoms with Gasteiger partial charge in [0, 0.05) is 11.8 Å². The number of fused-ring (bicyclic) bond motifs is 1. The molecule has 2 nitrogen and oxygen atoms in total. The van der Waals surface area contributed by atoms with Crippen molar-refractivity contribution < 1.29 is 9.18 Å². The van der Waals surface area contributed by atoms with E-state index in [9.17, 15) is 9.18 Å². The van der Waals surface area contributed by atoms with Gasteiger partial charge in [-0.1, -0.05) is 6.07 Å². The quantitative estimate of drug-likeness (QED) is 0.775. The number of ketones is 1. The largest absolute Gasteiger partial charge is 0.293 e. The van der Waals surface area contributed by atoms with Crippen molar-refractivity contribution in [2.75, 3.05) is 0 Å². The van der Waals surface area contributed by atoms with Crippen LogP contribution in [-0.4, -0.2) is 10.8 Å². The summed E-state index contributed by atoms with van der Waals surface area (Å²) in [7, 11) is 0. The number of carbonyl (C=O) groups is 1. The number of hydrogen-bond acceptors (Lipinski definition) is 2. The lowest BCUT2D eigenvalue weighted by Crippen LogP contribution is -2.20. The van der Waals surface area contributed by atoms with Crippen molar-refractivity contribution in [3.8, 4) is 0 Å². The lowest BCUT2D eigenvalue weighted by atomic mass is 9.82. The van der Waals surface area contributed by atoms with Crippen LogP contribution in [0, 0.1) is 12.7 Å². The van der Waals surface area contributed by atoms with Crippen LogP contribution in [0.15, 0.2) is 36.5 Å². The standard InChI is InChI=1S/C17H16FNO/c1-11-10-13(7-8-15(11)18)17(20)14-6-2-4-12-5-3-9-19-16(12)14/h3,5,7-10,14H,2,4,6H2,1H3. The minimum absolute atomic E-state index is 0.0488. The second kappa shape index (κ2) is 5.16. The van der Waals surface area contributed by atoms with Gasteiger partial charge in [-0.2, -0.15) is 0 Å². The highest BCUT2D eigenvalue weighted by molar-refractivity contribution is 6.01. The van der Waals surface area contributed by atoms with Gasteiger partial charge in [-0.25, -0.2) is 4.39 Å². The molecule has 1 aliphatic rings. The normalized spacial score (nSPS) is 17.6. The minimum atomic E-state index is -0.274. The van der Waals surface area contributed by atoms with Crippen LogP contribution >= 0.6 is 0 Å². The summed E-state index contributed by atoms with van der Waals surface area (Å²) in [6.07, 6.45) is 4.53. The maximum Gasteiger partial charge on any atom is 0.171 e. The molecule has 3 rings (SSSR count). The van der Waals surface area contributed by atoms with Gasteiger partial charge in [-0.15, -0.1) is 0 Å². The van der Waals surface area contributed by atoms with E-state index in [1.54, 1.807) is 25.3 Å². The molecule has 1 aromatic heterocycles. The molecule has 0 bridgehead atoms. The van der Waals surface area contributed by atoms with Gasteiger partial charge in [0.2, 0.25) is 0 Å². The zero-order valence-electron chi connectivity index (χ0n) is 11.4. The number of hydrogen-bond donors (Lipinski definition) is 0. The van der Waals surface area contributed by atoms with Gasteiger partial charge >= 0.3 is 0 Å². The summed E-state index contributed by atoms with van der Waals surface area (Å²) in [6.45, 7) is 1.68. The van der Waals surface area contributed by atoms with Gasteiger partial charge in [0.1, 0.15) is 5.82 Å². The molecule has 0 radical (unpaired) electrons. The molecule has 0 aliphatic heterocycles. The summed E-state index contributed by atoms with van der Waals surface area (Å²) in [5.74, 6) is -0.415. The third-order valence-corrected chi connectivity index (χ3v) is 3.95. The van der Waals surface area contributed by atoms with Gasteiger partial charge in [0.25, 0.3) is 0 Å². The Bertz CT molecular complexity index is 666. The van der Waals surface area contributed by atoms with Crippen molar-refractivity contribution in [3.63, 3.8) is 0 Å². The lowest BCUT2D eigenvalue weighted by Gasteiger charge is -2.23. The Morgan fingerprint density at radius 1 is 1.35 bits per heavy atom. The van der Waals surface area contributed by atoms with Crippen molar-refractivity contribution in [2.24, 2.45) is 0 Å². The van der Waals surface area contributed by atoms with Crippen LogP contribution in [0.1, 0.15) is 45.9 Å². The smallest absolute Gasteiger partial charge is 0.171 e. The topological polar surface area (TPSA) is 30.0 Å². The van der Waals surface area contributed by atoms with E-state index in [-0.39, 0.29) is 17.5 Å². The molecule has 0 amide bonds. The number of benzene rings is 1. The molecule has 1 aromatic carbocycles. The van der Waals surface area contributed by atoms with Crippen LogP contribution < -0.4 is 0 Å². The number of halogens is 1. The van der Waals surface area contributed by atoms with E-state index in [0.29, 0.717) is 11.1 Å². The Balaban J connectivity index is 1.97. The van der Waals surface area contributed by atoms with E-state index in [2.05, 4.69) is 4.98 Å². The first-order valence-electron chi connectivity index (χ1n) is 6.91. The van der Waals surface area contributed by atoms with E-state index in [1.807, 2.05) is 12.1 Å². The van der Waals surface area contributed by atoms with Gasteiger partial charge in [0.05, 0.1) is 11.6 Å². The summed E-state index contributed by atoms with van der Waals surface area (Å²) < 4.78 is 13.3. The molecule has 3 heteroatoms. The van der Waals surface area contributed by atoms with Crippen LogP contribution in [-0.2, 0) is 6.42 Å².